The first-order valence-corrected chi connectivity index (χ1v) is 6.03. The van der Waals surface area contributed by atoms with Gasteiger partial charge in [-0.1, -0.05) is 19.3 Å². The number of hydrogen-bond acceptors (Lipinski definition) is 0. The molecule has 0 amide bonds. The first kappa shape index (κ1) is 9.08. The zero-order chi connectivity index (χ0) is 10.1. The van der Waals surface area contributed by atoms with Gasteiger partial charge in [0, 0.05) is 24.3 Å². The third-order valence-electron chi connectivity index (χ3n) is 3.94. The van der Waals surface area contributed by atoms with Gasteiger partial charge in [-0.15, -0.1) is 0 Å². The van der Waals surface area contributed by atoms with E-state index in [0.29, 0.717) is 5.41 Å². The smallest absolute Gasteiger partial charge is 0.0532 e. The van der Waals surface area contributed by atoms with Crippen molar-refractivity contribution in [1.82, 2.24) is 0 Å². The van der Waals surface area contributed by atoms with Gasteiger partial charge < -0.3 is 0 Å². The van der Waals surface area contributed by atoms with Gasteiger partial charge in [-0.05, 0) is 31.1 Å². The van der Waals surface area contributed by atoms with Crippen LogP contribution in [0.2, 0.25) is 0 Å². The van der Waals surface area contributed by atoms with Crippen LogP contribution < -0.4 is 0 Å². The molecule has 2 aliphatic rings. The van der Waals surface area contributed by atoms with Crippen molar-refractivity contribution in [2.45, 2.75) is 37.5 Å². The zero-order valence-corrected chi connectivity index (χ0v) is 9.08. The van der Waals surface area contributed by atoms with Crippen LogP contribution in [0.1, 0.15) is 43.2 Å². The van der Waals surface area contributed by atoms with Gasteiger partial charge in [0.2, 0.25) is 0 Å². The average Bonchev–Trinajstić information content (AvgIpc) is 2.51. The Bertz CT molecular complexity index is 401. The van der Waals surface area contributed by atoms with Crippen molar-refractivity contribution in [2.24, 2.45) is 0 Å². The molecule has 0 unspecified atom stereocenters. The highest BCUT2D eigenvalue weighted by Gasteiger charge is 2.39. The second-order valence-electron chi connectivity index (χ2n) is 4.83. The highest BCUT2D eigenvalue weighted by atomic mass is 14.4. The Morgan fingerprint density at radius 3 is 2.73 bits per heavy atom. The highest BCUT2D eigenvalue weighted by molar-refractivity contribution is 5.64. The molecule has 1 saturated carbocycles. The maximum atomic E-state index is 2.46. The molecule has 0 bridgehead atoms. The van der Waals surface area contributed by atoms with E-state index in [1.54, 1.807) is 5.56 Å². The Morgan fingerprint density at radius 2 is 1.87 bits per heavy atom. The Labute approximate surface area is 91.7 Å². The lowest BCUT2D eigenvalue weighted by atomic mass is 9.71. The molecule has 1 aromatic carbocycles. The van der Waals surface area contributed by atoms with Crippen LogP contribution >= 0.6 is 0 Å². The van der Waals surface area contributed by atoms with E-state index in [1.165, 1.54) is 37.7 Å². The summed E-state index contributed by atoms with van der Waals surface area (Å²) >= 11 is 0. The van der Waals surface area contributed by atoms with Crippen molar-refractivity contribution in [3.8, 4) is 0 Å². The van der Waals surface area contributed by atoms with Crippen LogP contribution in [0.25, 0.3) is 6.08 Å². The van der Waals surface area contributed by atoms with Gasteiger partial charge in [-0.3, -0.25) is 0 Å². The third kappa shape index (κ3) is 1.40. The summed E-state index contributed by atoms with van der Waals surface area (Å²) in [6.45, 7) is 0. The largest absolute Gasteiger partial charge is 0.0660 e. The molecule has 0 nitrogen and oxygen atoms in total. The number of fused-ring (bicyclic) bond motifs is 2. The van der Waals surface area contributed by atoms with Gasteiger partial charge in [-0.2, -0.15) is 0 Å². The van der Waals surface area contributed by atoms with E-state index in [-0.39, 0.29) is 0 Å². The van der Waals surface area contributed by atoms with Gasteiger partial charge >= 0.3 is 0 Å². The molecule has 0 aliphatic heterocycles. The fraction of sp³-hybridized carbons (Fsp3) is 0.400. The molecule has 0 heteroatoms. The quantitative estimate of drug-likeness (QED) is 0.547. The maximum Gasteiger partial charge on any atom is 0.0660 e. The summed E-state index contributed by atoms with van der Waals surface area (Å²) in [5.74, 6) is 0. The summed E-state index contributed by atoms with van der Waals surface area (Å²) in [6.07, 6.45) is 11.7. The monoisotopic (exact) mass is 197 g/mol. The summed E-state index contributed by atoms with van der Waals surface area (Å²) < 4.78 is 0. The van der Waals surface area contributed by atoms with Crippen molar-refractivity contribution in [3.05, 3.63) is 47.5 Å². The SMILES string of the molecule is C1=CC2(CCCCC2)c2ccccc[c+]21. The van der Waals surface area contributed by atoms with E-state index in [9.17, 15) is 0 Å². The topological polar surface area (TPSA) is 0 Å². The summed E-state index contributed by atoms with van der Waals surface area (Å²) in [6, 6.07) is 11.0. The fourth-order valence-corrected chi connectivity index (χ4v) is 3.12. The predicted octanol–water partition coefficient (Wildman–Crippen LogP) is 4.20. The van der Waals surface area contributed by atoms with E-state index in [2.05, 4.69) is 42.5 Å². The van der Waals surface area contributed by atoms with Crippen molar-refractivity contribution in [3.63, 3.8) is 0 Å². The molecule has 76 valence electrons. The van der Waals surface area contributed by atoms with Crippen LogP contribution in [0.4, 0.5) is 0 Å². The lowest BCUT2D eigenvalue weighted by Gasteiger charge is -2.29. The van der Waals surface area contributed by atoms with E-state index in [1.807, 2.05) is 0 Å². The zero-order valence-electron chi connectivity index (χ0n) is 9.08. The fourth-order valence-electron chi connectivity index (χ4n) is 3.12. The van der Waals surface area contributed by atoms with E-state index >= 15 is 0 Å². The Kier molecular flexibility index (Phi) is 2.09. The Balaban J connectivity index is 2.11. The Hall–Kier alpha value is -1.17. The van der Waals surface area contributed by atoms with E-state index in [0.717, 1.165) is 0 Å². The molecule has 1 spiro atoms. The van der Waals surface area contributed by atoms with Crippen LogP contribution in [0, 0.1) is 0 Å². The normalized spacial score (nSPS) is 21.6. The van der Waals surface area contributed by atoms with Gasteiger partial charge in [-0.25, -0.2) is 0 Å². The highest BCUT2D eigenvalue weighted by Crippen LogP contribution is 2.45. The minimum Gasteiger partial charge on any atom is -0.0532 e. The van der Waals surface area contributed by atoms with Crippen molar-refractivity contribution in [2.75, 3.05) is 0 Å². The molecule has 1 aromatic rings. The van der Waals surface area contributed by atoms with Crippen LogP contribution in [0.3, 0.4) is 0 Å². The minimum absolute atomic E-state index is 0.395. The Morgan fingerprint density at radius 1 is 1.00 bits per heavy atom. The van der Waals surface area contributed by atoms with Crippen LogP contribution in [-0.2, 0) is 5.41 Å². The summed E-state index contributed by atoms with van der Waals surface area (Å²) in [4.78, 5) is 0. The predicted molar refractivity (Wildman–Crippen MR) is 64.6 cm³/mol. The maximum absolute atomic E-state index is 2.46. The molecule has 0 atom stereocenters. The summed E-state index contributed by atoms with van der Waals surface area (Å²) in [5.41, 5.74) is 3.39. The van der Waals surface area contributed by atoms with Crippen molar-refractivity contribution < 1.29 is 0 Å². The van der Waals surface area contributed by atoms with Crippen molar-refractivity contribution in [1.29, 1.82) is 0 Å². The molecule has 0 saturated heterocycles. The van der Waals surface area contributed by atoms with Gasteiger partial charge in [0.15, 0.2) is 0 Å². The second kappa shape index (κ2) is 3.44. The van der Waals surface area contributed by atoms with Crippen LogP contribution in [0.15, 0.2) is 36.4 Å². The molecule has 1 fully saturated rings. The molecular formula is C15H17+. The van der Waals surface area contributed by atoms with Gasteiger partial charge in [0.05, 0.1) is 16.5 Å². The lowest BCUT2D eigenvalue weighted by molar-refractivity contribution is 0.362. The first-order valence-electron chi connectivity index (χ1n) is 6.03. The molecule has 0 radical (unpaired) electrons. The first-order chi connectivity index (χ1) is 7.41. The molecule has 0 heterocycles. The molecule has 3 rings (SSSR count). The summed E-state index contributed by atoms with van der Waals surface area (Å²) in [7, 11) is 0. The van der Waals surface area contributed by atoms with Gasteiger partial charge in [0.25, 0.3) is 0 Å². The van der Waals surface area contributed by atoms with E-state index in [4.69, 9.17) is 0 Å². The van der Waals surface area contributed by atoms with Crippen LogP contribution in [-0.4, -0.2) is 0 Å². The number of hydrogen-bond donors (Lipinski definition) is 0. The summed E-state index contributed by atoms with van der Waals surface area (Å²) in [5, 5.41) is 0. The second-order valence-corrected chi connectivity index (χ2v) is 4.83. The van der Waals surface area contributed by atoms with E-state index < -0.39 is 0 Å². The van der Waals surface area contributed by atoms with Gasteiger partial charge in [0.1, 0.15) is 0 Å². The number of allylic oxidation sites excluding steroid dienone is 1. The molecule has 2 aliphatic carbocycles. The van der Waals surface area contributed by atoms with Crippen LogP contribution in [0.5, 0.6) is 0 Å². The molecule has 0 aromatic heterocycles. The average molecular weight is 197 g/mol. The third-order valence-corrected chi connectivity index (χ3v) is 3.94. The van der Waals surface area contributed by atoms with Crippen molar-refractivity contribution >= 4 is 6.08 Å². The lowest BCUT2D eigenvalue weighted by Crippen LogP contribution is -2.24. The minimum atomic E-state index is 0.395. The molecular weight excluding hydrogens is 180 g/mol. The number of rotatable bonds is 0. The molecule has 15 heavy (non-hydrogen) atoms. The standard InChI is InChI=1S/C15H17/c1-3-7-13-9-12-15(14(13)8-4-1)10-5-2-6-11-15/h1,3-4,7-9,12H,2,5-6,10-11H2/q+1. The molecule has 0 N–H and O–H groups in total.